The number of benzene rings is 2. The number of amides is 1. The zero-order chi connectivity index (χ0) is 15.2. The second-order valence-electron chi connectivity index (χ2n) is 4.94. The van der Waals surface area contributed by atoms with Crippen molar-refractivity contribution < 1.29 is 4.79 Å². The lowest BCUT2D eigenvalue weighted by Crippen LogP contribution is -2.26. The molecule has 0 aromatic heterocycles. The predicted octanol–water partition coefficient (Wildman–Crippen LogP) is 4.80. The van der Waals surface area contributed by atoms with Gasteiger partial charge in [-0.1, -0.05) is 59.6 Å². The van der Waals surface area contributed by atoms with E-state index in [1.54, 1.807) is 12.1 Å². The molecule has 0 bridgehead atoms. The van der Waals surface area contributed by atoms with Gasteiger partial charge in [0.15, 0.2) is 0 Å². The van der Waals surface area contributed by atoms with E-state index in [0.29, 0.717) is 22.9 Å². The molecule has 0 spiro atoms. The Morgan fingerprint density at radius 3 is 2.52 bits per heavy atom. The minimum Gasteiger partial charge on any atom is -0.350 e. The number of carbonyl (C=O) groups excluding carboxylic acids is 1. The highest BCUT2D eigenvalue weighted by molar-refractivity contribution is 6.35. The summed E-state index contributed by atoms with van der Waals surface area (Å²) in [5, 5.41) is 4.20. The van der Waals surface area contributed by atoms with Crippen molar-refractivity contribution in [2.24, 2.45) is 0 Å². The zero-order valence-electron chi connectivity index (χ0n) is 11.8. The topological polar surface area (TPSA) is 29.1 Å². The fourth-order valence-electron chi connectivity index (χ4n) is 2.11. The molecule has 1 N–H and O–H groups in total. The van der Waals surface area contributed by atoms with Crippen molar-refractivity contribution in [1.29, 1.82) is 0 Å². The quantitative estimate of drug-likeness (QED) is 0.841. The second kappa shape index (κ2) is 7.48. The third-order valence-electron chi connectivity index (χ3n) is 3.31. The Labute approximate surface area is 135 Å². The van der Waals surface area contributed by atoms with Gasteiger partial charge in [-0.3, -0.25) is 4.79 Å². The third-order valence-corrected chi connectivity index (χ3v) is 3.90. The summed E-state index contributed by atoms with van der Waals surface area (Å²) in [5.74, 6) is 0.0115. The standard InChI is InChI=1S/C17H17Cl2NO/c1-12(13-5-3-2-4-6-13)20-17(21)10-8-14-7-9-15(18)11-16(14)19/h2-7,9,11-12H,8,10H2,1H3,(H,20,21). The highest BCUT2D eigenvalue weighted by Gasteiger charge is 2.10. The summed E-state index contributed by atoms with van der Waals surface area (Å²) in [6, 6.07) is 15.2. The molecular formula is C17H17Cl2NO. The molecule has 1 unspecified atom stereocenters. The maximum Gasteiger partial charge on any atom is 0.220 e. The number of halogens is 2. The monoisotopic (exact) mass is 321 g/mol. The first-order chi connectivity index (χ1) is 10.1. The van der Waals surface area contributed by atoms with Crippen LogP contribution in [-0.2, 0) is 11.2 Å². The molecule has 1 amide bonds. The predicted molar refractivity (Wildman–Crippen MR) is 87.8 cm³/mol. The first-order valence-corrected chi connectivity index (χ1v) is 7.60. The molecule has 2 aromatic carbocycles. The molecule has 0 aliphatic carbocycles. The molecule has 0 saturated heterocycles. The molecule has 0 fully saturated rings. The molecule has 2 rings (SSSR count). The first-order valence-electron chi connectivity index (χ1n) is 6.84. The Hall–Kier alpha value is -1.51. The molecule has 2 nitrogen and oxygen atoms in total. The highest BCUT2D eigenvalue weighted by Crippen LogP contribution is 2.22. The van der Waals surface area contributed by atoms with E-state index in [4.69, 9.17) is 23.2 Å². The third kappa shape index (κ3) is 4.76. The molecule has 0 aliphatic rings. The minimum atomic E-state index is -0.000565. The zero-order valence-corrected chi connectivity index (χ0v) is 13.3. The van der Waals surface area contributed by atoms with E-state index < -0.39 is 0 Å². The Kier molecular flexibility index (Phi) is 5.66. The van der Waals surface area contributed by atoms with Crippen molar-refractivity contribution in [3.63, 3.8) is 0 Å². The average molecular weight is 322 g/mol. The van der Waals surface area contributed by atoms with Crippen LogP contribution in [0.3, 0.4) is 0 Å². The van der Waals surface area contributed by atoms with Crippen molar-refractivity contribution in [2.75, 3.05) is 0 Å². The van der Waals surface area contributed by atoms with Crippen molar-refractivity contribution in [3.05, 3.63) is 69.7 Å². The summed E-state index contributed by atoms with van der Waals surface area (Å²) in [5.41, 5.74) is 2.03. The van der Waals surface area contributed by atoms with Crippen molar-refractivity contribution >= 4 is 29.1 Å². The van der Waals surface area contributed by atoms with Crippen molar-refractivity contribution in [1.82, 2.24) is 5.32 Å². The van der Waals surface area contributed by atoms with Crippen LogP contribution in [0.25, 0.3) is 0 Å². The molecule has 0 heterocycles. The van der Waals surface area contributed by atoms with E-state index in [1.165, 1.54) is 0 Å². The minimum absolute atomic E-state index is 0.000565. The molecule has 0 aliphatic heterocycles. The molecule has 2 aromatic rings. The van der Waals surface area contributed by atoms with Gasteiger partial charge in [-0.15, -0.1) is 0 Å². The molecule has 21 heavy (non-hydrogen) atoms. The number of aryl methyl sites for hydroxylation is 1. The number of rotatable bonds is 5. The second-order valence-corrected chi connectivity index (χ2v) is 5.78. The fourth-order valence-corrected chi connectivity index (χ4v) is 2.61. The van der Waals surface area contributed by atoms with Gasteiger partial charge >= 0.3 is 0 Å². The molecule has 1 atom stereocenters. The van der Waals surface area contributed by atoms with Crippen molar-refractivity contribution in [2.45, 2.75) is 25.8 Å². The lowest BCUT2D eigenvalue weighted by atomic mass is 10.1. The van der Waals surface area contributed by atoms with Crippen LogP contribution < -0.4 is 5.32 Å². The Bertz CT molecular complexity index is 613. The van der Waals surface area contributed by atoms with Crippen LogP contribution in [0.4, 0.5) is 0 Å². The fraction of sp³-hybridized carbons (Fsp3) is 0.235. The summed E-state index contributed by atoms with van der Waals surface area (Å²) in [6.45, 7) is 1.97. The van der Waals surface area contributed by atoms with E-state index in [9.17, 15) is 4.79 Å². The molecule has 110 valence electrons. The van der Waals surface area contributed by atoms with Crippen LogP contribution >= 0.6 is 23.2 Å². The van der Waals surface area contributed by atoms with Crippen LogP contribution in [0.2, 0.25) is 10.0 Å². The van der Waals surface area contributed by atoms with Gasteiger partial charge in [0.2, 0.25) is 5.91 Å². The number of hydrogen-bond acceptors (Lipinski definition) is 1. The van der Waals surface area contributed by atoms with Crippen molar-refractivity contribution in [3.8, 4) is 0 Å². The summed E-state index contributed by atoms with van der Waals surface area (Å²) >= 11 is 12.0. The van der Waals surface area contributed by atoms with E-state index in [-0.39, 0.29) is 11.9 Å². The highest BCUT2D eigenvalue weighted by atomic mass is 35.5. The lowest BCUT2D eigenvalue weighted by Gasteiger charge is -2.14. The van der Waals surface area contributed by atoms with Gasteiger partial charge in [0.05, 0.1) is 6.04 Å². The summed E-state index contributed by atoms with van der Waals surface area (Å²) in [7, 11) is 0. The van der Waals surface area contributed by atoms with E-state index in [0.717, 1.165) is 11.1 Å². The SMILES string of the molecule is CC(NC(=O)CCc1ccc(Cl)cc1Cl)c1ccccc1. The number of carbonyl (C=O) groups is 1. The van der Waals surface area contributed by atoms with Gasteiger partial charge < -0.3 is 5.32 Å². The van der Waals surface area contributed by atoms with Crippen LogP contribution in [0.5, 0.6) is 0 Å². The molecule has 4 heteroatoms. The van der Waals surface area contributed by atoms with Gasteiger partial charge in [-0.05, 0) is 36.6 Å². The summed E-state index contributed by atoms with van der Waals surface area (Å²) in [4.78, 5) is 12.0. The normalized spacial score (nSPS) is 12.0. The van der Waals surface area contributed by atoms with Crippen LogP contribution in [-0.4, -0.2) is 5.91 Å². The Morgan fingerprint density at radius 2 is 1.86 bits per heavy atom. The van der Waals surface area contributed by atoms with Gasteiger partial charge in [0, 0.05) is 16.5 Å². The van der Waals surface area contributed by atoms with E-state index in [1.807, 2.05) is 43.3 Å². The Morgan fingerprint density at radius 1 is 1.14 bits per heavy atom. The van der Waals surface area contributed by atoms with E-state index in [2.05, 4.69) is 5.32 Å². The average Bonchev–Trinajstić information content (AvgIpc) is 2.47. The largest absolute Gasteiger partial charge is 0.350 e. The Balaban J connectivity index is 1.87. The number of nitrogens with one attached hydrogen (secondary N) is 1. The maximum atomic E-state index is 12.0. The van der Waals surface area contributed by atoms with E-state index >= 15 is 0 Å². The van der Waals surface area contributed by atoms with Gasteiger partial charge in [0.1, 0.15) is 0 Å². The summed E-state index contributed by atoms with van der Waals surface area (Å²) < 4.78 is 0. The smallest absolute Gasteiger partial charge is 0.220 e. The van der Waals surface area contributed by atoms with Crippen LogP contribution in [0.1, 0.15) is 30.5 Å². The summed E-state index contributed by atoms with van der Waals surface area (Å²) in [6.07, 6.45) is 1.00. The van der Waals surface area contributed by atoms with Gasteiger partial charge in [-0.2, -0.15) is 0 Å². The molecule has 0 radical (unpaired) electrons. The maximum absolute atomic E-state index is 12.0. The first kappa shape index (κ1) is 15.9. The van der Waals surface area contributed by atoms with Crippen LogP contribution in [0, 0.1) is 0 Å². The molecular weight excluding hydrogens is 305 g/mol. The van der Waals surface area contributed by atoms with Crippen LogP contribution in [0.15, 0.2) is 48.5 Å². The number of hydrogen-bond donors (Lipinski definition) is 1. The molecule has 0 saturated carbocycles. The lowest BCUT2D eigenvalue weighted by molar-refractivity contribution is -0.121. The van der Waals surface area contributed by atoms with Gasteiger partial charge in [-0.25, -0.2) is 0 Å². The van der Waals surface area contributed by atoms with Gasteiger partial charge in [0.25, 0.3) is 0 Å².